The third kappa shape index (κ3) is 5.20. The minimum absolute atomic E-state index is 0.310. The van der Waals surface area contributed by atoms with Gasteiger partial charge in [0.15, 0.2) is 0 Å². The monoisotopic (exact) mass is 299 g/mol. The highest BCUT2D eigenvalue weighted by Crippen LogP contribution is 2.10. The maximum absolute atomic E-state index is 12.1. The number of hydrogen-bond donors (Lipinski definition) is 2. The molecule has 2 N–H and O–H groups in total. The second-order valence-electron chi connectivity index (χ2n) is 5.15. The summed E-state index contributed by atoms with van der Waals surface area (Å²) in [7, 11) is 0.426. The van der Waals surface area contributed by atoms with E-state index in [0.29, 0.717) is 24.0 Å². The van der Waals surface area contributed by atoms with Gasteiger partial charge in [0.25, 0.3) is 0 Å². The van der Waals surface area contributed by atoms with Gasteiger partial charge >= 0.3 is 0 Å². The lowest BCUT2D eigenvalue weighted by Gasteiger charge is -2.20. The minimum atomic E-state index is -3.41. The van der Waals surface area contributed by atoms with Gasteiger partial charge < -0.3 is 10.2 Å². The van der Waals surface area contributed by atoms with Crippen molar-refractivity contribution in [3.63, 3.8) is 0 Å². The molecule has 0 fully saturated rings. The van der Waals surface area contributed by atoms with E-state index in [4.69, 9.17) is 0 Å². The standard InChI is InChI=1S/C14H25N3O2S/c1-12(2)17(4)10-9-16-20(18,19)14-7-5-13(6-8-14)11-15-3/h5-8,12,15-16H,9-11H2,1-4H3. The van der Waals surface area contributed by atoms with Crippen molar-refractivity contribution in [1.82, 2.24) is 14.9 Å². The van der Waals surface area contributed by atoms with Crippen molar-refractivity contribution in [3.8, 4) is 0 Å². The highest BCUT2D eigenvalue weighted by Gasteiger charge is 2.13. The molecule has 0 aliphatic carbocycles. The Morgan fingerprint density at radius 3 is 2.30 bits per heavy atom. The SMILES string of the molecule is CNCc1ccc(S(=O)(=O)NCCN(C)C(C)C)cc1. The Balaban J connectivity index is 2.60. The molecule has 0 spiro atoms. The Kier molecular flexibility index (Phi) is 6.61. The number of rotatable bonds is 8. The van der Waals surface area contributed by atoms with Crippen molar-refractivity contribution in [3.05, 3.63) is 29.8 Å². The normalized spacial score (nSPS) is 12.3. The van der Waals surface area contributed by atoms with Gasteiger partial charge in [0.2, 0.25) is 10.0 Å². The van der Waals surface area contributed by atoms with Crippen LogP contribution >= 0.6 is 0 Å². The topological polar surface area (TPSA) is 61.4 Å². The van der Waals surface area contributed by atoms with Crippen molar-refractivity contribution in [1.29, 1.82) is 0 Å². The van der Waals surface area contributed by atoms with Gasteiger partial charge in [0.05, 0.1) is 4.90 Å². The van der Waals surface area contributed by atoms with E-state index in [1.807, 2.05) is 26.2 Å². The van der Waals surface area contributed by atoms with E-state index in [1.165, 1.54) is 0 Å². The Bertz CT molecular complexity index is 498. The van der Waals surface area contributed by atoms with Gasteiger partial charge in [0.1, 0.15) is 0 Å². The van der Waals surface area contributed by atoms with Gasteiger partial charge in [-0.2, -0.15) is 0 Å². The summed E-state index contributed by atoms with van der Waals surface area (Å²) in [5.41, 5.74) is 1.06. The van der Waals surface area contributed by atoms with Crippen molar-refractivity contribution >= 4 is 10.0 Å². The van der Waals surface area contributed by atoms with Crippen LogP contribution < -0.4 is 10.0 Å². The molecule has 20 heavy (non-hydrogen) atoms. The fraction of sp³-hybridized carbons (Fsp3) is 0.571. The van der Waals surface area contributed by atoms with Crippen LogP contribution in [0.5, 0.6) is 0 Å². The fourth-order valence-corrected chi connectivity index (χ4v) is 2.71. The van der Waals surface area contributed by atoms with Crippen LogP contribution in [0, 0.1) is 0 Å². The first-order valence-corrected chi connectivity index (χ1v) is 8.28. The number of sulfonamides is 1. The average Bonchev–Trinajstić information content (AvgIpc) is 2.39. The maximum Gasteiger partial charge on any atom is 0.240 e. The van der Waals surface area contributed by atoms with E-state index in [1.54, 1.807) is 12.1 Å². The summed E-state index contributed by atoms with van der Waals surface area (Å²) in [5.74, 6) is 0. The zero-order valence-electron chi connectivity index (χ0n) is 12.7. The molecule has 0 bridgehead atoms. The lowest BCUT2D eigenvalue weighted by Crippen LogP contribution is -2.36. The van der Waals surface area contributed by atoms with Gasteiger partial charge in [-0.3, -0.25) is 0 Å². The first-order chi connectivity index (χ1) is 9.36. The van der Waals surface area contributed by atoms with Gasteiger partial charge in [-0.25, -0.2) is 13.1 Å². The predicted molar refractivity (Wildman–Crippen MR) is 82.2 cm³/mol. The van der Waals surface area contributed by atoms with Crippen molar-refractivity contribution in [2.45, 2.75) is 31.3 Å². The van der Waals surface area contributed by atoms with E-state index in [9.17, 15) is 8.42 Å². The molecule has 0 radical (unpaired) electrons. The Hall–Kier alpha value is -0.950. The van der Waals surface area contributed by atoms with Crippen LogP contribution in [0.25, 0.3) is 0 Å². The molecule has 0 amide bonds. The van der Waals surface area contributed by atoms with Crippen LogP contribution in [0.2, 0.25) is 0 Å². The number of likely N-dealkylation sites (N-methyl/N-ethyl adjacent to an activating group) is 1. The first kappa shape index (κ1) is 17.1. The molecule has 0 aliphatic heterocycles. The second kappa shape index (κ2) is 7.73. The second-order valence-corrected chi connectivity index (χ2v) is 6.91. The van der Waals surface area contributed by atoms with Crippen LogP contribution in [-0.2, 0) is 16.6 Å². The van der Waals surface area contributed by atoms with Crippen LogP contribution in [0.15, 0.2) is 29.2 Å². The highest BCUT2D eigenvalue weighted by atomic mass is 32.2. The average molecular weight is 299 g/mol. The molecule has 0 atom stereocenters. The number of nitrogens with one attached hydrogen (secondary N) is 2. The molecule has 1 aromatic carbocycles. The Morgan fingerprint density at radius 2 is 1.80 bits per heavy atom. The summed E-state index contributed by atoms with van der Waals surface area (Å²) in [4.78, 5) is 2.41. The molecule has 0 unspecified atom stereocenters. The summed E-state index contributed by atoms with van der Waals surface area (Å²) >= 11 is 0. The molecule has 0 aliphatic rings. The third-order valence-corrected chi connectivity index (χ3v) is 4.73. The molecular weight excluding hydrogens is 274 g/mol. The third-order valence-electron chi connectivity index (χ3n) is 3.25. The number of hydrogen-bond acceptors (Lipinski definition) is 4. The van der Waals surface area contributed by atoms with Gasteiger partial charge in [-0.15, -0.1) is 0 Å². The zero-order valence-corrected chi connectivity index (χ0v) is 13.5. The highest BCUT2D eigenvalue weighted by molar-refractivity contribution is 7.89. The van der Waals surface area contributed by atoms with Gasteiger partial charge in [-0.1, -0.05) is 12.1 Å². The summed E-state index contributed by atoms with van der Waals surface area (Å²) in [5, 5.41) is 3.03. The van der Waals surface area contributed by atoms with Crippen LogP contribution in [0.4, 0.5) is 0 Å². The van der Waals surface area contributed by atoms with E-state index >= 15 is 0 Å². The molecule has 0 heterocycles. The molecule has 0 saturated heterocycles. The molecule has 114 valence electrons. The van der Waals surface area contributed by atoms with E-state index in [-0.39, 0.29) is 0 Å². The van der Waals surface area contributed by atoms with E-state index in [0.717, 1.165) is 12.1 Å². The summed E-state index contributed by atoms with van der Waals surface area (Å²) in [6, 6.07) is 7.33. The van der Waals surface area contributed by atoms with Gasteiger partial charge in [-0.05, 0) is 45.6 Å². The van der Waals surface area contributed by atoms with Crippen LogP contribution in [0.1, 0.15) is 19.4 Å². The summed E-state index contributed by atoms with van der Waals surface area (Å²) in [6.07, 6.45) is 0. The van der Waals surface area contributed by atoms with E-state index in [2.05, 4.69) is 28.8 Å². The maximum atomic E-state index is 12.1. The molecule has 6 heteroatoms. The van der Waals surface area contributed by atoms with Crippen LogP contribution in [0.3, 0.4) is 0 Å². The molecule has 1 rings (SSSR count). The van der Waals surface area contributed by atoms with E-state index < -0.39 is 10.0 Å². The fourth-order valence-electron chi connectivity index (χ4n) is 1.69. The number of benzene rings is 1. The van der Waals surface area contributed by atoms with Crippen molar-refractivity contribution in [2.24, 2.45) is 0 Å². The molecule has 0 saturated carbocycles. The quantitative estimate of drug-likeness (QED) is 0.752. The van der Waals surface area contributed by atoms with Crippen molar-refractivity contribution < 1.29 is 8.42 Å². The lowest BCUT2D eigenvalue weighted by molar-refractivity contribution is 0.278. The predicted octanol–water partition coefficient (Wildman–Crippen LogP) is 1.02. The van der Waals surface area contributed by atoms with Crippen molar-refractivity contribution in [2.75, 3.05) is 27.2 Å². The largest absolute Gasteiger partial charge is 0.316 e. The molecular formula is C14H25N3O2S. The molecule has 1 aromatic rings. The molecule has 5 nitrogen and oxygen atoms in total. The summed E-state index contributed by atoms with van der Waals surface area (Å²) in [6.45, 7) is 5.99. The molecule has 0 aromatic heterocycles. The Labute approximate surface area is 122 Å². The zero-order chi connectivity index (χ0) is 15.2. The summed E-state index contributed by atoms with van der Waals surface area (Å²) < 4.78 is 26.8. The van der Waals surface area contributed by atoms with Crippen LogP contribution in [-0.4, -0.2) is 46.5 Å². The Morgan fingerprint density at radius 1 is 1.20 bits per heavy atom. The lowest BCUT2D eigenvalue weighted by atomic mass is 10.2. The smallest absolute Gasteiger partial charge is 0.240 e. The first-order valence-electron chi connectivity index (χ1n) is 6.80. The number of nitrogens with zero attached hydrogens (tertiary/aromatic N) is 1. The van der Waals surface area contributed by atoms with Gasteiger partial charge in [0, 0.05) is 25.7 Å². The minimum Gasteiger partial charge on any atom is -0.316 e.